The molecule has 0 saturated carbocycles. The maximum atomic E-state index is 11.8. The standard InChI is InChI=1S/C30H54NO6P/c1-3-4-5-6-7-8-9-10-11-12-13-14-15-16-17-18-19-20-21-22-23-24-25-26-27-30(32)31-28-29(2)36-38(34,35)37-33/h29,33H,3-15,20-28H2,1-2H3,(H,31,32)(H,34,35). The first-order valence-corrected chi connectivity index (χ1v) is 16.5. The summed E-state index contributed by atoms with van der Waals surface area (Å²) in [5.41, 5.74) is 0. The van der Waals surface area contributed by atoms with Crippen molar-refractivity contribution in [2.75, 3.05) is 6.54 Å². The minimum Gasteiger partial charge on any atom is -0.353 e. The third kappa shape index (κ3) is 27.7. The monoisotopic (exact) mass is 555 g/mol. The van der Waals surface area contributed by atoms with E-state index in [1.54, 1.807) is 0 Å². The molecule has 0 radical (unpaired) electrons. The van der Waals surface area contributed by atoms with Gasteiger partial charge in [0.1, 0.15) is 0 Å². The first kappa shape index (κ1) is 36.7. The Kier molecular flexibility index (Phi) is 26.3. The molecule has 38 heavy (non-hydrogen) atoms. The second-order valence-electron chi connectivity index (χ2n) is 10.1. The lowest BCUT2D eigenvalue weighted by Crippen LogP contribution is -2.31. The fourth-order valence-corrected chi connectivity index (χ4v) is 4.67. The summed E-state index contributed by atoms with van der Waals surface area (Å²) in [7, 11) is -4.46. The summed E-state index contributed by atoms with van der Waals surface area (Å²) in [6.07, 6.45) is 24.1. The van der Waals surface area contributed by atoms with Crippen molar-refractivity contribution >= 4 is 13.7 Å². The van der Waals surface area contributed by atoms with Crippen LogP contribution in [-0.2, 0) is 18.6 Å². The highest BCUT2D eigenvalue weighted by Gasteiger charge is 2.24. The maximum absolute atomic E-state index is 11.8. The zero-order valence-corrected chi connectivity index (χ0v) is 25.0. The van der Waals surface area contributed by atoms with Crippen LogP contribution in [0.15, 0.2) is 0 Å². The molecule has 0 rings (SSSR count). The van der Waals surface area contributed by atoms with Crippen LogP contribution in [0.25, 0.3) is 0 Å². The van der Waals surface area contributed by atoms with Crippen LogP contribution in [0.5, 0.6) is 0 Å². The third-order valence-electron chi connectivity index (χ3n) is 6.35. The smallest absolute Gasteiger partial charge is 0.353 e. The number of carbonyl (C=O) groups is 1. The van der Waals surface area contributed by atoms with Gasteiger partial charge in [0.15, 0.2) is 0 Å². The van der Waals surface area contributed by atoms with Crippen molar-refractivity contribution in [1.82, 2.24) is 5.32 Å². The Labute approximate surface area is 232 Å². The van der Waals surface area contributed by atoms with Crippen LogP contribution in [0.2, 0.25) is 0 Å². The van der Waals surface area contributed by atoms with Crippen molar-refractivity contribution < 1.29 is 28.7 Å². The molecule has 0 aliphatic rings. The van der Waals surface area contributed by atoms with Gasteiger partial charge in [-0.1, -0.05) is 115 Å². The summed E-state index contributed by atoms with van der Waals surface area (Å²) in [5, 5.41) is 10.9. The number of phosphoric acid groups is 1. The van der Waals surface area contributed by atoms with Gasteiger partial charge in [0, 0.05) is 25.8 Å². The molecular formula is C30H54NO6P. The summed E-state index contributed by atoms with van der Waals surface area (Å²) in [6.45, 7) is 3.84. The zero-order valence-electron chi connectivity index (χ0n) is 24.1. The summed E-state index contributed by atoms with van der Waals surface area (Å²) in [4.78, 5) is 20.8. The van der Waals surface area contributed by atoms with E-state index in [9.17, 15) is 9.36 Å². The summed E-state index contributed by atoms with van der Waals surface area (Å²) >= 11 is 0. The first-order valence-electron chi connectivity index (χ1n) is 15.0. The molecular weight excluding hydrogens is 501 g/mol. The molecule has 220 valence electrons. The summed E-state index contributed by atoms with van der Waals surface area (Å²) in [5.74, 6) is 12.2. The number of hydrogen-bond donors (Lipinski definition) is 3. The Morgan fingerprint density at radius 2 is 1.18 bits per heavy atom. The minimum absolute atomic E-state index is 0.0670. The highest BCUT2D eigenvalue weighted by Crippen LogP contribution is 2.42. The van der Waals surface area contributed by atoms with Crippen molar-refractivity contribution in [3.63, 3.8) is 0 Å². The topological polar surface area (TPSA) is 105 Å². The van der Waals surface area contributed by atoms with Crippen LogP contribution in [0, 0.1) is 23.7 Å². The molecule has 0 spiro atoms. The first-order chi connectivity index (χ1) is 18.4. The van der Waals surface area contributed by atoms with E-state index in [-0.39, 0.29) is 12.5 Å². The number of carbonyl (C=O) groups excluding carboxylic acids is 1. The number of amides is 1. The van der Waals surface area contributed by atoms with Gasteiger partial charge < -0.3 is 10.2 Å². The number of hydrogen-bond acceptors (Lipinski definition) is 5. The van der Waals surface area contributed by atoms with Gasteiger partial charge in [-0.2, -0.15) is 0 Å². The minimum atomic E-state index is -4.46. The Bertz CT molecular complexity index is 736. The van der Waals surface area contributed by atoms with E-state index >= 15 is 0 Å². The predicted octanol–water partition coefficient (Wildman–Crippen LogP) is 8.32. The molecule has 0 heterocycles. The van der Waals surface area contributed by atoms with Crippen molar-refractivity contribution in [2.24, 2.45) is 0 Å². The van der Waals surface area contributed by atoms with Gasteiger partial charge in [-0.25, -0.2) is 9.82 Å². The SMILES string of the molecule is CCCCCCCCCCCCCCC#CC#CCCCCCCCCC(=O)NCC(C)OP(=O)(O)OO. The van der Waals surface area contributed by atoms with Crippen molar-refractivity contribution in [2.45, 2.75) is 155 Å². The van der Waals surface area contributed by atoms with Gasteiger partial charge >= 0.3 is 7.82 Å². The Morgan fingerprint density at radius 3 is 1.63 bits per heavy atom. The van der Waals surface area contributed by atoms with Crippen LogP contribution < -0.4 is 5.32 Å². The average molecular weight is 556 g/mol. The Balaban J connectivity index is 3.43. The van der Waals surface area contributed by atoms with Crippen LogP contribution in [0.4, 0.5) is 0 Å². The molecule has 3 N–H and O–H groups in total. The molecule has 8 heteroatoms. The molecule has 0 saturated heterocycles. The molecule has 0 aromatic rings. The van der Waals surface area contributed by atoms with Gasteiger partial charge in [0.2, 0.25) is 5.91 Å². The molecule has 0 fully saturated rings. The quantitative estimate of drug-likeness (QED) is 0.0344. The molecule has 0 aromatic heterocycles. The van der Waals surface area contributed by atoms with Crippen molar-refractivity contribution in [3.05, 3.63) is 0 Å². The normalized spacial score (nSPS) is 13.1. The molecule has 1 amide bonds. The van der Waals surface area contributed by atoms with E-state index in [2.05, 4.69) is 45.1 Å². The molecule has 0 aromatic carbocycles. The van der Waals surface area contributed by atoms with Gasteiger partial charge in [-0.3, -0.25) is 9.32 Å². The van der Waals surface area contributed by atoms with Crippen LogP contribution in [0.3, 0.4) is 0 Å². The van der Waals surface area contributed by atoms with E-state index in [1.165, 1.54) is 84.0 Å². The number of phosphoric ester groups is 1. The number of nitrogens with one attached hydrogen (secondary N) is 1. The van der Waals surface area contributed by atoms with Crippen LogP contribution in [0.1, 0.15) is 149 Å². The summed E-state index contributed by atoms with van der Waals surface area (Å²) < 4.78 is 19.0. The Morgan fingerprint density at radius 1 is 0.763 bits per heavy atom. The van der Waals surface area contributed by atoms with Crippen LogP contribution >= 0.6 is 7.82 Å². The third-order valence-corrected chi connectivity index (χ3v) is 7.19. The molecule has 0 aliphatic heterocycles. The van der Waals surface area contributed by atoms with Gasteiger partial charge in [0.05, 0.1) is 6.10 Å². The van der Waals surface area contributed by atoms with Gasteiger partial charge in [-0.15, -0.1) is 4.67 Å². The highest BCUT2D eigenvalue weighted by atomic mass is 31.2. The molecule has 2 atom stereocenters. The summed E-state index contributed by atoms with van der Waals surface area (Å²) in [6, 6.07) is 0. The van der Waals surface area contributed by atoms with Crippen LogP contribution in [-0.4, -0.2) is 28.7 Å². The van der Waals surface area contributed by atoms with Gasteiger partial charge in [0.25, 0.3) is 0 Å². The van der Waals surface area contributed by atoms with Crippen molar-refractivity contribution in [1.29, 1.82) is 0 Å². The van der Waals surface area contributed by atoms with E-state index in [0.717, 1.165) is 51.4 Å². The molecule has 2 unspecified atom stereocenters. The lowest BCUT2D eigenvalue weighted by atomic mass is 10.0. The lowest BCUT2D eigenvalue weighted by Gasteiger charge is -2.15. The molecule has 0 aliphatic carbocycles. The average Bonchev–Trinajstić information content (AvgIpc) is 2.89. The number of rotatable bonds is 25. The second-order valence-corrected chi connectivity index (χ2v) is 11.4. The van der Waals surface area contributed by atoms with E-state index in [0.29, 0.717) is 6.42 Å². The van der Waals surface area contributed by atoms with E-state index < -0.39 is 13.9 Å². The molecule has 0 bridgehead atoms. The second kappa shape index (κ2) is 27.2. The lowest BCUT2D eigenvalue weighted by molar-refractivity contribution is -0.165. The largest absolute Gasteiger partial charge is 0.499 e. The molecule has 7 nitrogen and oxygen atoms in total. The van der Waals surface area contributed by atoms with Crippen molar-refractivity contribution in [3.8, 4) is 23.7 Å². The Hall–Kier alpha value is -1.34. The van der Waals surface area contributed by atoms with Gasteiger partial charge in [-0.05, 0) is 38.0 Å². The predicted molar refractivity (Wildman–Crippen MR) is 155 cm³/mol. The maximum Gasteiger partial charge on any atom is 0.499 e. The fraction of sp³-hybridized carbons (Fsp3) is 0.833. The zero-order chi connectivity index (χ0) is 28.2. The number of unbranched alkanes of at least 4 members (excludes halogenated alkanes) is 18. The van der Waals surface area contributed by atoms with E-state index in [4.69, 9.17) is 10.2 Å². The highest BCUT2D eigenvalue weighted by molar-refractivity contribution is 7.47. The van der Waals surface area contributed by atoms with E-state index in [1.807, 2.05) is 0 Å². The fourth-order valence-electron chi connectivity index (χ4n) is 4.10.